The SMILES string of the molecule is Nc1ccc(C(=C(Cl)Cl)c2ccc(N)c(N)c2)cc1N. The minimum atomic E-state index is 0.110. The van der Waals surface area contributed by atoms with Crippen molar-refractivity contribution in [2.75, 3.05) is 22.9 Å². The smallest absolute Gasteiger partial charge is 0.115 e. The van der Waals surface area contributed by atoms with E-state index >= 15 is 0 Å². The van der Waals surface area contributed by atoms with E-state index in [9.17, 15) is 0 Å². The van der Waals surface area contributed by atoms with Crippen molar-refractivity contribution in [3.05, 3.63) is 52.0 Å². The van der Waals surface area contributed by atoms with Crippen LogP contribution in [0.1, 0.15) is 11.1 Å². The van der Waals surface area contributed by atoms with Crippen molar-refractivity contribution in [2.45, 2.75) is 0 Å². The quantitative estimate of drug-likeness (QED) is 0.639. The summed E-state index contributed by atoms with van der Waals surface area (Å²) in [6, 6.07) is 10.4. The third kappa shape index (κ3) is 2.76. The minimum Gasteiger partial charge on any atom is -0.397 e. The van der Waals surface area contributed by atoms with Gasteiger partial charge in [0.1, 0.15) is 4.49 Å². The van der Waals surface area contributed by atoms with Crippen molar-refractivity contribution in [3.63, 3.8) is 0 Å². The van der Waals surface area contributed by atoms with Crippen LogP contribution in [0, 0.1) is 0 Å². The minimum absolute atomic E-state index is 0.110. The van der Waals surface area contributed by atoms with Gasteiger partial charge in [0.2, 0.25) is 0 Å². The molecule has 0 unspecified atom stereocenters. The summed E-state index contributed by atoms with van der Waals surface area (Å²) in [4.78, 5) is 0. The molecular weight excluding hydrogens is 295 g/mol. The fourth-order valence-corrected chi connectivity index (χ4v) is 2.28. The van der Waals surface area contributed by atoms with Crippen LogP contribution >= 0.6 is 23.2 Å². The van der Waals surface area contributed by atoms with E-state index in [1.165, 1.54) is 0 Å². The number of hydrogen-bond donors (Lipinski definition) is 4. The van der Waals surface area contributed by atoms with Crippen LogP contribution in [0.15, 0.2) is 40.9 Å². The molecule has 0 atom stereocenters. The first-order chi connectivity index (χ1) is 9.40. The Kier molecular flexibility index (Phi) is 3.97. The number of hydrogen-bond acceptors (Lipinski definition) is 4. The van der Waals surface area contributed by atoms with Crippen LogP contribution in [0.4, 0.5) is 22.7 Å². The van der Waals surface area contributed by atoms with Crippen molar-refractivity contribution >= 4 is 51.5 Å². The molecule has 0 saturated carbocycles. The summed E-state index contributed by atoms with van der Waals surface area (Å²) in [7, 11) is 0. The zero-order valence-corrected chi connectivity index (χ0v) is 12.0. The molecule has 0 saturated heterocycles. The molecular formula is C14H14Cl2N4. The van der Waals surface area contributed by atoms with Crippen molar-refractivity contribution in [3.8, 4) is 0 Å². The fraction of sp³-hybridized carbons (Fsp3) is 0. The monoisotopic (exact) mass is 308 g/mol. The van der Waals surface area contributed by atoms with E-state index in [0.29, 0.717) is 28.3 Å². The average molecular weight is 309 g/mol. The predicted octanol–water partition coefficient (Wildman–Crippen LogP) is 3.21. The Morgan fingerprint density at radius 1 is 0.650 bits per heavy atom. The van der Waals surface area contributed by atoms with Gasteiger partial charge in [0.15, 0.2) is 0 Å². The third-order valence-corrected chi connectivity index (χ3v) is 3.32. The molecule has 0 aliphatic heterocycles. The summed E-state index contributed by atoms with van der Waals surface area (Å²) in [6.45, 7) is 0. The van der Waals surface area contributed by atoms with Crippen LogP contribution < -0.4 is 22.9 Å². The highest BCUT2D eigenvalue weighted by molar-refractivity contribution is 6.59. The molecule has 0 heterocycles. The van der Waals surface area contributed by atoms with E-state index < -0.39 is 0 Å². The summed E-state index contributed by atoms with van der Waals surface area (Å²) in [5.74, 6) is 0. The van der Waals surface area contributed by atoms with E-state index in [-0.39, 0.29) is 4.49 Å². The molecule has 20 heavy (non-hydrogen) atoms. The fourth-order valence-electron chi connectivity index (χ4n) is 1.85. The van der Waals surface area contributed by atoms with Gasteiger partial charge < -0.3 is 22.9 Å². The first-order valence-electron chi connectivity index (χ1n) is 5.76. The van der Waals surface area contributed by atoms with Gasteiger partial charge in [-0.3, -0.25) is 0 Å². The van der Waals surface area contributed by atoms with Crippen molar-refractivity contribution in [1.82, 2.24) is 0 Å². The summed E-state index contributed by atoms with van der Waals surface area (Å²) >= 11 is 12.0. The van der Waals surface area contributed by atoms with E-state index in [1.807, 2.05) is 0 Å². The Hall–Kier alpha value is -2.04. The average Bonchev–Trinajstić information content (AvgIpc) is 2.38. The Morgan fingerprint density at radius 3 is 1.35 bits per heavy atom. The highest BCUT2D eigenvalue weighted by Crippen LogP contribution is 2.34. The second kappa shape index (κ2) is 5.53. The van der Waals surface area contributed by atoms with Crippen molar-refractivity contribution in [1.29, 1.82) is 0 Å². The molecule has 0 amide bonds. The van der Waals surface area contributed by atoms with Crippen molar-refractivity contribution < 1.29 is 0 Å². The molecule has 4 nitrogen and oxygen atoms in total. The molecule has 0 aliphatic rings. The molecule has 2 rings (SSSR count). The number of nitrogens with two attached hydrogens (primary N) is 4. The standard InChI is InChI=1S/C14H14Cl2N4/c15-14(16)13(7-1-3-9(17)11(19)5-7)8-2-4-10(18)12(20)6-8/h1-6H,17-20H2. The lowest BCUT2D eigenvalue weighted by molar-refractivity contribution is 1.54. The van der Waals surface area contributed by atoms with Gasteiger partial charge in [-0.15, -0.1) is 0 Å². The Morgan fingerprint density at radius 2 is 1.05 bits per heavy atom. The first kappa shape index (κ1) is 14.4. The van der Waals surface area contributed by atoms with Crippen LogP contribution in [0.3, 0.4) is 0 Å². The summed E-state index contributed by atoms with van der Waals surface area (Å²) < 4.78 is 0.110. The predicted molar refractivity (Wildman–Crippen MR) is 88.3 cm³/mol. The van der Waals surface area contributed by atoms with Gasteiger partial charge >= 0.3 is 0 Å². The second-order valence-corrected chi connectivity index (χ2v) is 5.27. The zero-order chi connectivity index (χ0) is 14.9. The maximum Gasteiger partial charge on any atom is 0.115 e. The van der Waals surface area contributed by atoms with E-state index in [2.05, 4.69) is 0 Å². The third-order valence-electron chi connectivity index (χ3n) is 2.94. The molecule has 6 heteroatoms. The Balaban J connectivity index is 2.60. The van der Waals surface area contributed by atoms with Gasteiger partial charge in [0.05, 0.1) is 22.7 Å². The van der Waals surface area contributed by atoms with Gasteiger partial charge in [-0.2, -0.15) is 0 Å². The molecule has 104 valence electrons. The number of anilines is 4. The van der Waals surface area contributed by atoms with Crippen LogP contribution in [0.25, 0.3) is 5.57 Å². The highest BCUT2D eigenvalue weighted by Gasteiger charge is 2.12. The van der Waals surface area contributed by atoms with Crippen molar-refractivity contribution in [2.24, 2.45) is 0 Å². The van der Waals surface area contributed by atoms with Gasteiger partial charge in [0.25, 0.3) is 0 Å². The lowest BCUT2D eigenvalue weighted by Crippen LogP contribution is -1.99. The molecule has 0 aliphatic carbocycles. The molecule has 0 aromatic heterocycles. The molecule has 8 N–H and O–H groups in total. The number of halogens is 2. The zero-order valence-electron chi connectivity index (χ0n) is 10.5. The van der Waals surface area contributed by atoms with Crippen LogP contribution in [-0.4, -0.2) is 0 Å². The molecule has 2 aromatic rings. The van der Waals surface area contributed by atoms with E-state index in [1.54, 1.807) is 36.4 Å². The molecule has 0 spiro atoms. The number of rotatable bonds is 2. The lowest BCUT2D eigenvalue weighted by atomic mass is 9.98. The summed E-state index contributed by atoms with van der Waals surface area (Å²) in [5.41, 5.74) is 27.1. The first-order valence-corrected chi connectivity index (χ1v) is 6.51. The number of nitrogen functional groups attached to an aromatic ring is 4. The maximum atomic E-state index is 6.00. The van der Waals surface area contributed by atoms with Crippen LogP contribution in [0.2, 0.25) is 0 Å². The second-order valence-electron chi connectivity index (χ2n) is 4.32. The molecule has 0 fully saturated rings. The van der Waals surface area contributed by atoms with E-state index in [4.69, 9.17) is 46.1 Å². The van der Waals surface area contributed by atoms with Gasteiger partial charge in [-0.1, -0.05) is 35.3 Å². The Labute approximate surface area is 126 Å². The van der Waals surface area contributed by atoms with E-state index in [0.717, 1.165) is 11.1 Å². The maximum absolute atomic E-state index is 6.00. The topological polar surface area (TPSA) is 104 Å². The Bertz CT molecular complexity index is 638. The summed E-state index contributed by atoms with van der Waals surface area (Å²) in [5, 5.41) is 0. The van der Waals surface area contributed by atoms with Crippen LogP contribution in [0.5, 0.6) is 0 Å². The normalized spacial score (nSPS) is 10.3. The van der Waals surface area contributed by atoms with Gasteiger partial charge in [-0.05, 0) is 35.4 Å². The molecule has 0 bridgehead atoms. The lowest BCUT2D eigenvalue weighted by Gasteiger charge is -2.12. The molecule has 0 radical (unpaired) electrons. The summed E-state index contributed by atoms with van der Waals surface area (Å²) in [6.07, 6.45) is 0. The largest absolute Gasteiger partial charge is 0.397 e. The van der Waals surface area contributed by atoms with Crippen LogP contribution in [-0.2, 0) is 0 Å². The van der Waals surface area contributed by atoms with Gasteiger partial charge in [0, 0.05) is 5.57 Å². The van der Waals surface area contributed by atoms with Gasteiger partial charge in [-0.25, -0.2) is 0 Å². The molecule has 2 aromatic carbocycles. The highest BCUT2D eigenvalue weighted by atomic mass is 35.5. The number of benzene rings is 2.